The third-order valence-electron chi connectivity index (χ3n) is 5.57. The Labute approximate surface area is 200 Å². The number of fused-ring (bicyclic) bond motifs is 1. The molecule has 0 spiro atoms. The second-order valence-corrected chi connectivity index (χ2v) is 8.28. The van der Waals surface area contributed by atoms with Crippen LogP contribution in [0.15, 0.2) is 78.9 Å². The normalized spacial score (nSPS) is 11.0. The standard InChI is InChI=1S/C27H19ClN2O4/c1-15-11-19(12-24(31)25(15)26(32)33)34-27-29-22-13-20(21(28)14-23(22)30-27)18-9-7-17(8-10-18)16-5-3-2-4-6-16/h2-14,31H,1H3,(H,29,30)(H,32,33). The topological polar surface area (TPSA) is 95.4 Å². The van der Waals surface area contributed by atoms with Gasteiger partial charge in [0.15, 0.2) is 0 Å². The Morgan fingerprint density at radius 3 is 2.29 bits per heavy atom. The van der Waals surface area contributed by atoms with E-state index >= 15 is 0 Å². The van der Waals surface area contributed by atoms with Crippen LogP contribution in [0.3, 0.4) is 0 Å². The monoisotopic (exact) mass is 470 g/mol. The molecule has 4 aromatic carbocycles. The van der Waals surface area contributed by atoms with Crippen molar-refractivity contribution in [1.82, 2.24) is 9.97 Å². The highest BCUT2D eigenvalue weighted by Gasteiger charge is 2.16. The number of aryl methyl sites for hydroxylation is 1. The molecule has 3 N–H and O–H groups in total. The number of hydrogen-bond donors (Lipinski definition) is 3. The van der Waals surface area contributed by atoms with Crippen LogP contribution in [0.25, 0.3) is 33.3 Å². The van der Waals surface area contributed by atoms with E-state index in [1.165, 1.54) is 12.1 Å². The number of rotatable bonds is 5. The summed E-state index contributed by atoms with van der Waals surface area (Å²) in [6.45, 7) is 1.59. The first-order valence-corrected chi connectivity index (χ1v) is 10.9. The molecule has 6 nitrogen and oxygen atoms in total. The van der Waals surface area contributed by atoms with Crippen LogP contribution in [0.4, 0.5) is 0 Å². The van der Waals surface area contributed by atoms with Crippen LogP contribution in [0.2, 0.25) is 5.02 Å². The zero-order valence-electron chi connectivity index (χ0n) is 18.0. The van der Waals surface area contributed by atoms with Crippen LogP contribution < -0.4 is 4.74 Å². The van der Waals surface area contributed by atoms with Crippen LogP contribution in [0.5, 0.6) is 17.5 Å². The molecule has 0 unspecified atom stereocenters. The molecule has 0 saturated heterocycles. The van der Waals surface area contributed by atoms with E-state index in [4.69, 9.17) is 16.3 Å². The quantitative estimate of drug-likeness (QED) is 0.255. The van der Waals surface area contributed by atoms with Gasteiger partial charge in [-0.2, -0.15) is 4.98 Å². The molecule has 5 aromatic rings. The molecule has 1 aromatic heterocycles. The number of halogens is 1. The Kier molecular flexibility index (Phi) is 5.43. The zero-order chi connectivity index (χ0) is 23.8. The first kappa shape index (κ1) is 21.6. The number of carboxylic acids is 1. The average Bonchev–Trinajstić information content (AvgIpc) is 3.19. The fourth-order valence-electron chi connectivity index (χ4n) is 3.93. The molecular formula is C27H19ClN2O4. The average molecular weight is 471 g/mol. The largest absolute Gasteiger partial charge is 0.507 e. The van der Waals surface area contributed by atoms with E-state index < -0.39 is 5.97 Å². The Balaban J connectivity index is 1.45. The molecule has 0 aliphatic carbocycles. The summed E-state index contributed by atoms with van der Waals surface area (Å²) < 4.78 is 5.75. The lowest BCUT2D eigenvalue weighted by Crippen LogP contribution is -2.00. The van der Waals surface area contributed by atoms with Crippen molar-refractivity contribution in [3.63, 3.8) is 0 Å². The summed E-state index contributed by atoms with van der Waals surface area (Å²) in [5.74, 6) is -1.31. The van der Waals surface area contributed by atoms with Crippen molar-refractivity contribution < 1.29 is 19.7 Å². The molecule has 0 bridgehead atoms. The summed E-state index contributed by atoms with van der Waals surface area (Å²) >= 11 is 6.58. The molecule has 0 amide bonds. The number of aromatic nitrogens is 2. The minimum atomic E-state index is -1.20. The first-order valence-electron chi connectivity index (χ1n) is 10.5. The maximum atomic E-state index is 11.3. The number of hydrogen-bond acceptors (Lipinski definition) is 4. The highest BCUT2D eigenvalue weighted by molar-refractivity contribution is 6.34. The van der Waals surface area contributed by atoms with Crippen LogP contribution >= 0.6 is 11.6 Å². The molecule has 0 aliphatic heterocycles. The number of nitrogens with one attached hydrogen (secondary N) is 1. The fourth-order valence-corrected chi connectivity index (χ4v) is 4.21. The van der Waals surface area contributed by atoms with Crippen molar-refractivity contribution in [3.05, 3.63) is 95.0 Å². The molecule has 0 aliphatic rings. The van der Waals surface area contributed by atoms with Crippen molar-refractivity contribution in [3.8, 4) is 39.8 Å². The number of ether oxygens (including phenoxy) is 1. The van der Waals surface area contributed by atoms with E-state index in [-0.39, 0.29) is 23.1 Å². The van der Waals surface area contributed by atoms with Gasteiger partial charge in [0.25, 0.3) is 6.01 Å². The number of aromatic carboxylic acids is 1. The molecule has 0 fully saturated rings. The third-order valence-corrected chi connectivity index (χ3v) is 5.88. The summed E-state index contributed by atoms with van der Waals surface area (Å²) in [5.41, 5.74) is 5.62. The number of aromatic amines is 1. The van der Waals surface area contributed by atoms with Crippen molar-refractivity contribution in [2.75, 3.05) is 0 Å². The number of benzene rings is 4. The van der Waals surface area contributed by atoms with E-state index in [0.29, 0.717) is 21.6 Å². The Morgan fingerprint density at radius 1 is 0.941 bits per heavy atom. The lowest BCUT2D eigenvalue weighted by Gasteiger charge is -2.07. The van der Waals surface area contributed by atoms with Crippen LogP contribution in [-0.2, 0) is 0 Å². The van der Waals surface area contributed by atoms with E-state index in [9.17, 15) is 15.0 Å². The zero-order valence-corrected chi connectivity index (χ0v) is 18.8. The molecule has 7 heteroatoms. The molecule has 0 radical (unpaired) electrons. The SMILES string of the molecule is Cc1cc(Oc2nc3cc(-c4ccc(-c5ccccc5)cc4)c(Cl)cc3[nH]2)cc(O)c1C(=O)O. The molecule has 5 rings (SSSR count). The number of phenols is 1. The van der Waals surface area contributed by atoms with E-state index in [1.807, 2.05) is 36.4 Å². The van der Waals surface area contributed by atoms with Gasteiger partial charge in [0, 0.05) is 11.6 Å². The van der Waals surface area contributed by atoms with Gasteiger partial charge in [-0.15, -0.1) is 0 Å². The molecule has 0 saturated carbocycles. The predicted octanol–water partition coefficient (Wildman–Crippen LogP) is 7.05. The van der Waals surface area contributed by atoms with Gasteiger partial charge in [-0.05, 0) is 47.4 Å². The summed E-state index contributed by atoms with van der Waals surface area (Å²) in [6.07, 6.45) is 0. The number of imidazole rings is 1. The number of carboxylic acid groups (broad SMARTS) is 1. The lowest BCUT2D eigenvalue weighted by molar-refractivity contribution is 0.0693. The third kappa shape index (κ3) is 4.07. The van der Waals surface area contributed by atoms with Gasteiger partial charge in [0.1, 0.15) is 17.1 Å². The molecule has 1 heterocycles. The summed E-state index contributed by atoms with van der Waals surface area (Å²) in [5, 5.41) is 19.8. The van der Waals surface area contributed by atoms with Crippen LogP contribution in [0, 0.1) is 6.92 Å². The minimum absolute atomic E-state index is 0.160. The van der Waals surface area contributed by atoms with Crippen molar-refractivity contribution in [2.45, 2.75) is 6.92 Å². The van der Waals surface area contributed by atoms with E-state index in [0.717, 1.165) is 22.3 Å². The van der Waals surface area contributed by atoms with E-state index in [2.05, 4.69) is 34.2 Å². The highest BCUT2D eigenvalue weighted by atomic mass is 35.5. The summed E-state index contributed by atoms with van der Waals surface area (Å²) in [4.78, 5) is 18.8. The van der Waals surface area contributed by atoms with Gasteiger partial charge < -0.3 is 19.9 Å². The Morgan fingerprint density at radius 2 is 1.62 bits per heavy atom. The fraction of sp³-hybridized carbons (Fsp3) is 0.0370. The summed E-state index contributed by atoms with van der Waals surface area (Å²) in [7, 11) is 0. The second-order valence-electron chi connectivity index (χ2n) is 7.88. The van der Waals surface area contributed by atoms with Gasteiger partial charge in [0.05, 0.1) is 16.1 Å². The Hall–Kier alpha value is -4.29. The number of nitrogens with zero attached hydrogens (tertiary/aromatic N) is 1. The van der Waals surface area contributed by atoms with Gasteiger partial charge in [-0.25, -0.2) is 4.79 Å². The molecule has 0 atom stereocenters. The van der Waals surface area contributed by atoms with Gasteiger partial charge in [-0.3, -0.25) is 0 Å². The smallest absolute Gasteiger partial charge is 0.339 e. The number of aromatic hydroxyl groups is 1. The maximum absolute atomic E-state index is 11.3. The van der Waals surface area contributed by atoms with Crippen molar-refractivity contribution >= 4 is 28.6 Å². The number of carbonyl (C=O) groups is 1. The molecule has 168 valence electrons. The first-order chi connectivity index (χ1) is 16.4. The predicted molar refractivity (Wildman–Crippen MR) is 132 cm³/mol. The van der Waals surface area contributed by atoms with Crippen LogP contribution in [0.1, 0.15) is 15.9 Å². The lowest BCUT2D eigenvalue weighted by atomic mass is 10.00. The van der Waals surface area contributed by atoms with Gasteiger partial charge >= 0.3 is 5.97 Å². The van der Waals surface area contributed by atoms with Gasteiger partial charge in [0.2, 0.25) is 0 Å². The highest BCUT2D eigenvalue weighted by Crippen LogP contribution is 2.35. The Bertz CT molecular complexity index is 1500. The van der Waals surface area contributed by atoms with Gasteiger partial charge in [-0.1, -0.05) is 66.2 Å². The molecular weight excluding hydrogens is 452 g/mol. The number of H-pyrrole nitrogens is 1. The maximum Gasteiger partial charge on any atom is 0.339 e. The second kappa shape index (κ2) is 8.57. The minimum Gasteiger partial charge on any atom is -0.507 e. The van der Waals surface area contributed by atoms with Crippen LogP contribution in [-0.4, -0.2) is 26.2 Å². The summed E-state index contributed by atoms with van der Waals surface area (Å²) in [6, 6.07) is 24.9. The van der Waals surface area contributed by atoms with Crippen molar-refractivity contribution in [2.24, 2.45) is 0 Å². The van der Waals surface area contributed by atoms with E-state index in [1.54, 1.807) is 13.0 Å². The van der Waals surface area contributed by atoms with Crippen molar-refractivity contribution in [1.29, 1.82) is 0 Å². The molecule has 34 heavy (non-hydrogen) atoms.